The van der Waals surface area contributed by atoms with Gasteiger partial charge in [0, 0.05) is 16.7 Å². The minimum atomic E-state index is 0.446. The second-order valence-corrected chi connectivity index (χ2v) is 5.02. The van der Waals surface area contributed by atoms with Gasteiger partial charge in [0.25, 0.3) is 11.8 Å². The molecule has 0 amide bonds. The van der Waals surface area contributed by atoms with E-state index in [1.807, 2.05) is 54.6 Å². The zero-order chi connectivity index (χ0) is 15.6. The van der Waals surface area contributed by atoms with Gasteiger partial charge in [0.05, 0.1) is 0 Å². The lowest BCUT2D eigenvalue weighted by Crippen LogP contribution is -1.83. The Morgan fingerprint density at radius 3 is 2.04 bits per heavy atom. The molecule has 0 saturated heterocycles. The van der Waals surface area contributed by atoms with Crippen molar-refractivity contribution in [1.82, 2.24) is 20.3 Å². The predicted octanol–water partition coefficient (Wildman–Crippen LogP) is 3.76. The van der Waals surface area contributed by atoms with E-state index < -0.39 is 0 Å². The molecular formula is C17H12N4O2. The van der Waals surface area contributed by atoms with Gasteiger partial charge >= 0.3 is 0 Å². The Kier molecular flexibility index (Phi) is 3.20. The van der Waals surface area contributed by atoms with E-state index in [1.54, 1.807) is 6.92 Å². The Balaban J connectivity index is 1.70. The smallest absolute Gasteiger partial charge is 0.258 e. The van der Waals surface area contributed by atoms with E-state index in [4.69, 9.17) is 9.05 Å². The van der Waals surface area contributed by atoms with E-state index in [0.29, 0.717) is 23.4 Å². The van der Waals surface area contributed by atoms with E-state index in [0.717, 1.165) is 16.7 Å². The lowest BCUT2D eigenvalue weighted by atomic mass is 10.1. The maximum Gasteiger partial charge on any atom is 0.258 e. The monoisotopic (exact) mass is 304 g/mol. The van der Waals surface area contributed by atoms with Gasteiger partial charge in [-0.3, -0.25) is 0 Å². The lowest BCUT2D eigenvalue weighted by Gasteiger charge is -1.97. The second-order valence-electron chi connectivity index (χ2n) is 5.02. The van der Waals surface area contributed by atoms with Gasteiger partial charge in [0.1, 0.15) is 0 Å². The normalized spacial score (nSPS) is 10.8. The lowest BCUT2D eigenvalue weighted by molar-refractivity contribution is 0.425. The van der Waals surface area contributed by atoms with Gasteiger partial charge in [-0.15, -0.1) is 0 Å². The van der Waals surface area contributed by atoms with Crippen LogP contribution in [0, 0.1) is 6.92 Å². The number of aromatic nitrogens is 4. The van der Waals surface area contributed by atoms with Crippen molar-refractivity contribution in [3.8, 4) is 34.3 Å². The van der Waals surface area contributed by atoms with Gasteiger partial charge in [0.2, 0.25) is 5.82 Å². The summed E-state index contributed by atoms with van der Waals surface area (Å²) in [4.78, 5) is 8.67. The van der Waals surface area contributed by atoms with Crippen LogP contribution in [0.15, 0.2) is 63.6 Å². The molecule has 23 heavy (non-hydrogen) atoms. The third kappa shape index (κ3) is 2.62. The summed E-state index contributed by atoms with van der Waals surface area (Å²) < 4.78 is 10.6. The van der Waals surface area contributed by atoms with Crippen LogP contribution >= 0.6 is 0 Å². The van der Waals surface area contributed by atoms with Crippen LogP contribution in [0.5, 0.6) is 0 Å². The van der Waals surface area contributed by atoms with Crippen LogP contribution in [0.25, 0.3) is 34.3 Å². The minimum Gasteiger partial charge on any atom is -0.334 e. The van der Waals surface area contributed by atoms with Gasteiger partial charge in [0.15, 0.2) is 5.82 Å². The topological polar surface area (TPSA) is 77.8 Å². The second kappa shape index (κ2) is 5.49. The molecule has 0 saturated carbocycles. The fourth-order valence-electron chi connectivity index (χ4n) is 2.24. The summed E-state index contributed by atoms with van der Waals surface area (Å²) in [5.74, 6) is 2.06. The zero-order valence-electron chi connectivity index (χ0n) is 12.3. The Labute approximate surface area is 131 Å². The average molecular weight is 304 g/mol. The fourth-order valence-corrected chi connectivity index (χ4v) is 2.24. The van der Waals surface area contributed by atoms with E-state index in [2.05, 4.69) is 20.3 Å². The minimum absolute atomic E-state index is 0.446. The maximum absolute atomic E-state index is 5.37. The summed E-state index contributed by atoms with van der Waals surface area (Å²) in [6.07, 6.45) is 0. The van der Waals surface area contributed by atoms with Crippen molar-refractivity contribution in [1.29, 1.82) is 0 Å². The van der Waals surface area contributed by atoms with Crippen molar-refractivity contribution in [3.05, 3.63) is 60.4 Å². The van der Waals surface area contributed by atoms with Crippen molar-refractivity contribution in [2.45, 2.75) is 6.92 Å². The van der Waals surface area contributed by atoms with Crippen LogP contribution in [0.1, 0.15) is 5.82 Å². The highest BCUT2D eigenvalue weighted by Gasteiger charge is 2.13. The Hall–Kier alpha value is -3.28. The molecule has 0 unspecified atom stereocenters. The predicted molar refractivity (Wildman–Crippen MR) is 83.2 cm³/mol. The molecule has 2 heterocycles. The Morgan fingerprint density at radius 1 is 0.696 bits per heavy atom. The molecule has 0 aliphatic carbocycles. The van der Waals surface area contributed by atoms with Gasteiger partial charge in [-0.25, -0.2) is 0 Å². The molecule has 4 rings (SSSR count). The zero-order valence-corrected chi connectivity index (χ0v) is 12.3. The quantitative estimate of drug-likeness (QED) is 0.573. The molecule has 0 fully saturated rings. The van der Waals surface area contributed by atoms with Crippen LogP contribution in [-0.4, -0.2) is 20.3 Å². The number of nitrogens with zero attached hydrogens (tertiary/aromatic N) is 4. The van der Waals surface area contributed by atoms with Crippen LogP contribution in [0.2, 0.25) is 0 Å². The Morgan fingerprint density at radius 2 is 1.35 bits per heavy atom. The molecule has 0 aliphatic rings. The summed E-state index contributed by atoms with van der Waals surface area (Å²) in [5.41, 5.74) is 2.52. The Bertz CT molecular complexity index is 944. The molecule has 0 N–H and O–H groups in total. The van der Waals surface area contributed by atoms with Crippen LogP contribution in [-0.2, 0) is 0 Å². The SMILES string of the molecule is Cc1noc(-c2cccc(-c3nc(-c4ccccc4)no3)c2)n1. The third-order valence-corrected chi connectivity index (χ3v) is 3.34. The summed E-state index contributed by atoms with van der Waals surface area (Å²) in [6, 6.07) is 17.2. The first-order valence-electron chi connectivity index (χ1n) is 7.10. The van der Waals surface area contributed by atoms with Crippen molar-refractivity contribution < 1.29 is 9.05 Å². The third-order valence-electron chi connectivity index (χ3n) is 3.34. The van der Waals surface area contributed by atoms with E-state index >= 15 is 0 Å². The molecule has 0 aliphatic heterocycles. The van der Waals surface area contributed by atoms with Crippen LogP contribution < -0.4 is 0 Å². The fraction of sp³-hybridized carbons (Fsp3) is 0.0588. The number of hydrogen-bond donors (Lipinski definition) is 0. The number of rotatable bonds is 3. The largest absolute Gasteiger partial charge is 0.334 e. The maximum atomic E-state index is 5.37. The molecule has 4 aromatic rings. The van der Waals surface area contributed by atoms with Crippen LogP contribution in [0.4, 0.5) is 0 Å². The van der Waals surface area contributed by atoms with Gasteiger partial charge in [-0.1, -0.05) is 46.7 Å². The summed E-state index contributed by atoms with van der Waals surface area (Å²) in [7, 11) is 0. The van der Waals surface area contributed by atoms with Crippen molar-refractivity contribution in [2.24, 2.45) is 0 Å². The standard InChI is InChI=1S/C17H12N4O2/c1-11-18-16(22-20-11)13-8-5-9-14(10-13)17-19-15(21-23-17)12-6-3-2-4-7-12/h2-10H,1H3. The summed E-state index contributed by atoms with van der Waals surface area (Å²) >= 11 is 0. The van der Waals surface area contributed by atoms with Crippen LogP contribution in [0.3, 0.4) is 0 Å². The molecule has 6 nitrogen and oxygen atoms in total. The van der Waals surface area contributed by atoms with Gasteiger partial charge in [-0.05, 0) is 25.1 Å². The molecule has 0 radical (unpaired) electrons. The van der Waals surface area contributed by atoms with Gasteiger partial charge in [-0.2, -0.15) is 9.97 Å². The molecular weight excluding hydrogens is 292 g/mol. The highest BCUT2D eigenvalue weighted by Crippen LogP contribution is 2.26. The first-order valence-corrected chi connectivity index (χ1v) is 7.10. The molecule has 0 bridgehead atoms. The summed E-state index contributed by atoms with van der Waals surface area (Å²) in [5, 5.41) is 7.83. The number of benzene rings is 2. The van der Waals surface area contributed by atoms with Gasteiger partial charge < -0.3 is 9.05 Å². The number of hydrogen-bond acceptors (Lipinski definition) is 6. The molecule has 2 aromatic heterocycles. The molecule has 2 aromatic carbocycles. The van der Waals surface area contributed by atoms with E-state index in [9.17, 15) is 0 Å². The average Bonchev–Trinajstić information content (AvgIpc) is 3.25. The molecule has 112 valence electrons. The van der Waals surface area contributed by atoms with E-state index in [1.165, 1.54) is 0 Å². The molecule has 6 heteroatoms. The molecule has 0 atom stereocenters. The molecule has 0 spiro atoms. The highest BCUT2D eigenvalue weighted by atomic mass is 16.5. The van der Waals surface area contributed by atoms with E-state index in [-0.39, 0.29) is 0 Å². The first kappa shape index (κ1) is 13.4. The van der Waals surface area contributed by atoms with Crippen molar-refractivity contribution >= 4 is 0 Å². The number of aryl methyl sites for hydroxylation is 1. The van der Waals surface area contributed by atoms with Crippen molar-refractivity contribution in [2.75, 3.05) is 0 Å². The first-order chi connectivity index (χ1) is 11.3. The highest BCUT2D eigenvalue weighted by molar-refractivity contribution is 5.65. The van der Waals surface area contributed by atoms with Crippen molar-refractivity contribution in [3.63, 3.8) is 0 Å². The summed E-state index contributed by atoms with van der Waals surface area (Å²) in [6.45, 7) is 1.78.